The zero-order valence-corrected chi connectivity index (χ0v) is 18.2. The average Bonchev–Trinajstić information content (AvgIpc) is 2.78. The Labute approximate surface area is 181 Å². The molecule has 1 aliphatic rings. The fraction of sp³-hybridized carbons (Fsp3) is 0.333. The maximum Gasteiger partial charge on any atom is 0.233 e. The summed E-state index contributed by atoms with van der Waals surface area (Å²) in [5.74, 6) is 0.478. The van der Waals surface area contributed by atoms with Crippen LogP contribution in [0.25, 0.3) is 22.5 Å². The number of carbonyl (C=O) groups is 1. The Kier molecular flexibility index (Phi) is 6.43. The first kappa shape index (κ1) is 20.5. The van der Waals surface area contributed by atoms with Crippen LogP contribution < -0.4 is 0 Å². The zero-order valence-electron chi connectivity index (χ0n) is 17.4. The van der Waals surface area contributed by atoms with Crippen molar-refractivity contribution in [3.8, 4) is 22.5 Å². The predicted octanol–water partition coefficient (Wildman–Crippen LogP) is 5.09. The van der Waals surface area contributed by atoms with Crippen LogP contribution in [0.3, 0.4) is 0 Å². The van der Waals surface area contributed by atoms with E-state index in [-0.39, 0.29) is 5.91 Å². The number of benzene rings is 2. The number of hydrogen-bond donors (Lipinski definition) is 0. The standard InChI is InChI=1S/C24H26N4OS/c1-17-10-9-11-18(2)28(17)21(29)16-30-24-25-22(19-12-5-3-6-13-19)23(26-27-24)20-14-7-4-8-15-20/h3-8,12-15,17-18H,9-11,16H2,1-2H3. The molecule has 4 rings (SSSR count). The van der Waals surface area contributed by atoms with Gasteiger partial charge in [0.2, 0.25) is 11.1 Å². The minimum atomic E-state index is 0.150. The Balaban J connectivity index is 1.58. The molecule has 0 bridgehead atoms. The molecule has 6 heteroatoms. The highest BCUT2D eigenvalue weighted by molar-refractivity contribution is 7.99. The first-order valence-electron chi connectivity index (χ1n) is 10.4. The quantitative estimate of drug-likeness (QED) is 0.540. The Morgan fingerprint density at radius 3 is 2.07 bits per heavy atom. The number of nitrogens with zero attached hydrogens (tertiary/aromatic N) is 4. The third-order valence-corrected chi connectivity index (χ3v) is 6.39. The van der Waals surface area contributed by atoms with Crippen molar-refractivity contribution in [2.24, 2.45) is 0 Å². The van der Waals surface area contributed by atoms with Crippen LogP contribution in [0.2, 0.25) is 0 Å². The Morgan fingerprint density at radius 1 is 0.900 bits per heavy atom. The third-order valence-electron chi connectivity index (χ3n) is 5.57. The minimum Gasteiger partial charge on any atom is -0.337 e. The number of carbonyl (C=O) groups excluding carboxylic acids is 1. The van der Waals surface area contributed by atoms with E-state index in [2.05, 4.69) is 24.0 Å². The fourth-order valence-electron chi connectivity index (χ4n) is 4.07. The lowest BCUT2D eigenvalue weighted by Gasteiger charge is -2.39. The van der Waals surface area contributed by atoms with Gasteiger partial charge in [0.05, 0.1) is 5.75 Å². The van der Waals surface area contributed by atoms with Crippen molar-refractivity contribution < 1.29 is 4.79 Å². The summed E-state index contributed by atoms with van der Waals surface area (Å²) in [6, 6.07) is 20.5. The van der Waals surface area contributed by atoms with E-state index < -0.39 is 0 Å². The molecule has 2 unspecified atom stereocenters. The van der Waals surface area contributed by atoms with Gasteiger partial charge in [0.15, 0.2) is 0 Å². The first-order chi connectivity index (χ1) is 14.6. The van der Waals surface area contributed by atoms with Gasteiger partial charge in [0, 0.05) is 23.2 Å². The molecule has 1 aliphatic heterocycles. The van der Waals surface area contributed by atoms with E-state index in [9.17, 15) is 4.79 Å². The van der Waals surface area contributed by atoms with Gasteiger partial charge >= 0.3 is 0 Å². The number of piperidine rings is 1. The van der Waals surface area contributed by atoms with Crippen LogP contribution in [0.5, 0.6) is 0 Å². The highest BCUT2D eigenvalue weighted by Gasteiger charge is 2.29. The van der Waals surface area contributed by atoms with Gasteiger partial charge in [-0.2, -0.15) is 0 Å². The van der Waals surface area contributed by atoms with E-state index in [1.165, 1.54) is 18.2 Å². The summed E-state index contributed by atoms with van der Waals surface area (Å²) >= 11 is 1.36. The molecule has 1 saturated heterocycles. The monoisotopic (exact) mass is 418 g/mol. The van der Waals surface area contributed by atoms with Crippen LogP contribution in [0.4, 0.5) is 0 Å². The molecule has 0 saturated carbocycles. The Bertz CT molecular complexity index is 987. The lowest BCUT2D eigenvalue weighted by atomic mass is 9.98. The molecule has 30 heavy (non-hydrogen) atoms. The summed E-state index contributed by atoms with van der Waals surface area (Å²) in [4.78, 5) is 19.7. The van der Waals surface area contributed by atoms with Crippen LogP contribution in [-0.2, 0) is 4.79 Å². The van der Waals surface area contributed by atoms with Gasteiger partial charge in [0.1, 0.15) is 11.4 Å². The van der Waals surface area contributed by atoms with Gasteiger partial charge in [0.25, 0.3) is 0 Å². The molecule has 0 radical (unpaired) electrons. The molecular formula is C24H26N4OS. The molecule has 2 heterocycles. The van der Waals surface area contributed by atoms with Gasteiger partial charge < -0.3 is 4.90 Å². The lowest BCUT2D eigenvalue weighted by molar-refractivity contribution is -0.134. The number of likely N-dealkylation sites (tertiary alicyclic amines) is 1. The summed E-state index contributed by atoms with van der Waals surface area (Å²) in [7, 11) is 0. The molecule has 1 amide bonds. The first-order valence-corrected chi connectivity index (χ1v) is 11.4. The van der Waals surface area contributed by atoms with E-state index >= 15 is 0 Å². The van der Waals surface area contributed by atoms with E-state index in [1.54, 1.807) is 0 Å². The molecule has 0 N–H and O–H groups in total. The second-order valence-corrected chi connectivity index (χ2v) is 8.68. The number of hydrogen-bond acceptors (Lipinski definition) is 5. The molecule has 2 aromatic carbocycles. The molecule has 3 aromatic rings. The molecule has 154 valence electrons. The second-order valence-electron chi connectivity index (χ2n) is 7.74. The minimum absolute atomic E-state index is 0.150. The summed E-state index contributed by atoms with van der Waals surface area (Å²) in [6.07, 6.45) is 3.33. The van der Waals surface area contributed by atoms with E-state index in [0.717, 1.165) is 35.4 Å². The zero-order chi connectivity index (χ0) is 20.9. The van der Waals surface area contributed by atoms with Crippen molar-refractivity contribution in [1.82, 2.24) is 20.1 Å². The molecular weight excluding hydrogens is 392 g/mol. The largest absolute Gasteiger partial charge is 0.337 e. The fourth-order valence-corrected chi connectivity index (χ4v) is 4.73. The Morgan fingerprint density at radius 2 is 1.47 bits per heavy atom. The van der Waals surface area contributed by atoms with E-state index in [0.29, 0.717) is 23.0 Å². The SMILES string of the molecule is CC1CCCC(C)N1C(=O)CSc1nnc(-c2ccccc2)c(-c2ccccc2)n1. The molecule has 1 fully saturated rings. The van der Waals surface area contributed by atoms with Crippen LogP contribution in [-0.4, -0.2) is 43.8 Å². The highest BCUT2D eigenvalue weighted by atomic mass is 32.2. The summed E-state index contributed by atoms with van der Waals surface area (Å²) < 4.78 is 0. The number of amides is 1. The van der Waals surface area contributed by atoms with Gasteiger partial charge in [-0.3, -0.25) is 4.79 Å². The molecule has 1 aromatic heterocycles. The molecule has 0 aliphatic carbocycles. The summed E-state index contributed by atoms with van der Waals surface area (Å²) in [5.41, 5.74) is 3.49. The van der Waals surface area contributed by atoms with Crippen molar-refractivity contribution in [2.45, 2.75) is 50.4 Å². The smallest absolute Gasteiger partial charge is 0.233 e. The maximum atomic E-state index is 12.9. The van der Waals surface area contributed by atoms with Crippen molar-refractivity contribution in [3.05, 3.63) is 60.7 Å². The summed E-state index contributed by atoms with van der Waals surface area (Å²) in [5, 5.41) is 9.34. The number of rotatable bonds is 5. The van der Waals surface area contributed by atoms with E-state index in [1.807, 2.05) is 65.6 Å². The highest BCUT2D eigenvalue weighted by Crippen LogP contribution is 2.30. The number of aromatic nitrogens is 3. The average molecular weight is 419 g/mol. The normalized spacial score (nSPS) is 18.9. The third kappa shape index (κ3) is 4.54. The molecule has 5 nitrogen and oxygen atoms in total. The van der Waals surface area contributed by atoms with Gasteiger partial charge in [-0.25, -0.2) is 4.98 Å². The van der Waals surface area contributed by atoms with Crippen LogP contribution in [0.15, 0.2) is 65.8 Å². The van der Waals surface area contributed by atoms with Gasteiger partial charge in [-0.1, -0.05) is 72.4 Å². The van der Waals surface area contributed by atoms with Crippen molar-refractivity contribution in [1.29, 1.82) is 0 Å². The van der Waals surface area contributed by atoms with Crippen molar-refractivity contribution in [3.63, 3.8) is 0 Å². The van der Waals surface area contributed by atoms with Gasteiger partial charge in [-0.15, -0.1) is 10.2 Å². The van der Waals surface area contributed by atoms with Crippen LogP contribution >= 0.6 is 11.8 Å². The van der Waals surface area contributed by atoms with Crippen LogP contribution in [0.1, 0.15) is 33.1 Å². The van der Waals surface area contributed by atoms with Crippen LogP contribution in [0, 0.1) is 0 Å². The maximum absolute atomic E-state index is 12.9. The topological polar surface area (TPSA) is 59.0 Å². The molecule has 0 spiro atoms. The lowest BCUT2D eigenvalue weighted by Crippen LogP contribution is -2.48. The van der Waals surface area contributed by atoms with Crippen molar-refractivity contribution >= 4 is 17.7 Å². The molecule has 2 atom stereocenters. The van der Waals surface area contributed by atoms with Crippen molar-refractivity contribution in [2.75, 3.05) is 5.75 Å². The van der Waals surface area contributed by atoms with Gasteiger partial charge in [-0.05, 0) is 33.1 Å². The second kappa shape index (κ2) is 9.39. The predicted molar refractivity (Wildman–Crippen MR) is 121 cm³/mol. The number of thioether (sulfide) groups is 1. The Hall–Kier alpha value is -2.73. The summed E-state index contributed by atoms with van der Waals surface area (Å²) in [6.45, 7) is 4.27. The van der Waals surface area contributed by atoms with E-state index in [4.69, 9.17) is 4.98 Å².